The zero-order valence-electron chi connectivity index (χ0n) is 32.5. The van der Waals surface area contributed by atoms with E-state index in [1.54, 1.807) is 6.07 Å². The highest BCUT2D eigenvalue weighted by atomic mass is 35.5. The Labute approximate surface area is 345 Å². The van der Waals surface area contributed by atoms with Gasteiger partial charge in [0.25, 0.3) is 0 Å². The van der Waals surface area contributed by atoms with Crippen molar-refractivity contribution in [1.82, 2.24) is 0 Å². The highest BCUT2D eigenvalue weighted by Gasteiger charge is 2.66. The molecular weight excluding hydrogens is 748 g/mol. The number of halogens is 1. The lowest BCUT2D eigenvalue weighted by Crippen LogP contribution is -2.67. The minimum Gasteiger partial charge on any atom is -0.424 e. The monoisotopic (exact) mass is 794 g/mol. The first kappa shape index (κ1) is 39.7. The third-order valence-corrected chi connectivity index (χ3v) is 11.2. The minimum atomic E-state index is -1.76. The number of hydrogen-bond donors (Lipinski definition) is 0. The molecule has 6 aromatic rings. The van der Waals surface area contributed by atoms with Gasteiger partial charge in [-0.05, 0) is 57.9 Å². The van der Waals surface area contributed by atoms with E-state index in [4.69, 9.17) is 40.0 Å². The van der Waals surface area contributed by atoms with E-state index in [0.29, 0.717) is 29.4 Å². The Bertz CT molecular complexity index is 2240. The molecule has 0 unspecified atom stereocenters. The highest BCUT2D eigenvalue weighted by molar-refractivity contribution is 6.31. The van der Waals surface area contributed by atoms with E-state index in [1.807, 2.05) is 127 Å². The number of fused-ring (bicyclic) bond motifs is 2. The summed E-state index contributed by atoms with van der Waals surface area (Å²) in [7, 11) is 0. The summed E-state index contributed by atoms with van der Waals surface area (Å²) in [5.74, 6) is -0.285. The van der Waals surface area contributed by atoms with Gasteiger partial charge in [-0.3, -0.25) is 0 Å². The molecule has 296 valence electrons. The molecule has 58 heavy (non-hydrogen) atoms. The van der Waals surface area contributed by atoms with Crippen molar-refractivity contribution in [3.63, 3.8) is 0 Å². The van der Waals surface area contributed by atoms with Crippen LogP contribution in [-0.4, -0.2) is 37.0 Å². The van der Waals surface area contributed by atoms with E-state index < -0.39 is 36.0 Å². The van der Waals surface area contributed by atoms with Crippen LogP contribution in [0.4, 0.5) is 0 Å². The van der Waals surface area contributed by atoms with Crippen LogP contribution in [0.2, 0.25) is 5.02 Å². The Hall–Kier alpha value is -5.12. The third-order valence-electron chi connectivity index (χ3n) is 10.8. The molecule has 0 radical (unpaired) electrons. The Morgan fingerprint density at radius 2 is 1.09 bits per heavy atom. The first-order valence-electron chi connectivity index (χ1n) is 19.9. The summed E-state index contributed by atoms with van der Waals surface area (Å²) in [6, 6.07) is 51.9. The Morgan fingerprint density at radius 1 is 0.586 bits per heavy atom. The second-order valence-corrected chi connectivity index (χ2v) is 15.2. The lowest BCUT2D eigenvalue weighted by Gasteiger charge is -2.49. The van der Waals surface area contributed by atoms with Crippen LogP contribution in [0.15, 0.2) is 158 Å². The fraction of sp³-hybridized carbons (Fsp3) is 0.260. The SMILES string of the molecule is CCc1ccc(Cc2cc3c(cc2Cl)OC(=O)[C@]32O[C@H](COCc3ccccc3)[C@@H](OCc3ccccc3)[C@H](OCc3ccccc3)[C@H]2OCc2ccccc2)cc1. The number of rotatable bonds is 16. The van der Waals surface area contributed by atoms with Crippen molar-refractivity contribution >= 4 is 17.6 Å². The van der Waals surface area contributed by atoms with Gasteiger partial charge in [0.1, 0.15) is 30.2 Å². The van der Waals surface area contributed by atoms with Crippen molar-refractivity contribution in [3.05, 3.63) is 207 Å². The summed E-state index contributed by atoms with van der Waals surface area (Å²) in [6.45, 7) is 3.24. The number of benzene rings is 6. The second kappa shape index (κ2) is 18.6. The van der Waals surface area contributed by atoms with E-state index in [-0.39, 0.29) is 26.4 Å². The zero-order valence-corrected chi connectivity index (χ0v) is 33.3. The van der Waals surface area contributed by atoms with Gasteiger partial charge in [0.15, 0.2) is 0 Å². The molecule has 1 saturated heterocycles. The zero-order chi connectivity index (χ0) is 39.7. The van der Waals surface area contributed by atoms with Gasteiger partial charge >= 0.3 is 5.97 Å². The van der Waals surface area contributed by atoms with Gasteiger partial charge in [0.05, 0.1) is 33.0 Å². The number of esters is 1. The molecule has 0 bridgehead atoms. The van der Waals surface area contributed by atoms with E-state index >= 15 is 0 Å². The predicted molar refractivity (Wildman–Crippen MR) is 223 cm³/mol. The van der Waals surface area contributed by atoms with E-state index in [0.717, 1.165) is 39.8 Å². The molecule has 0 amide bonds. The quantitative estimate of drug-likeness (QED) is 0.0714. The van der Waals surface area contributed by atoms with Crippen LogP contribution in [0.3, 0.4) is 0 Å². The van der Waals surface area contributed by atoms with E-state index in [9.17, 15) is 4.79 Å². The molecule has 1 spiro atoms. The molecule has 2 heterocycles. The number of aryl methyl sites for hydroxylation is 1. The van der Waals surface area contributed by atoms with Gasteiger partial charge in [-0.1, -0.05) is 164 Å². The van der Waals surface area contributed by atoms with E-state index in [2.05, 4.69) is 31.2 Å². The second-order valence-electron chi connectivity index (χ2n) is 14.8. The molecule has 0 aliphatic carbocycles. The number of carbonyl (C=O) groups excluding carboxylic acids is 1. The topological polar surface area (TPSA) is 72.5 Å². The Balaban J connectivity index is 1.23. The van der Waals surface area contributed by atoms with Gasteiger partial charge in [-0.25, -0.2) is 4.79 Å². The molecule has 2 aliphatic heterocycles. The fourth-order valence-corrected chi connectivity index (χ4v) is 7.98. The molecule has 5 atom stereocenters. The van der Waals surface area contributed by atoms with Crippen LogP contribution in [0.1, 0.15) is 51.4 Å². The fourth-order valence-electron chi connectivity index (χ4n) is 7.76. The first-order chi connectivity index (χ1) is 28.5. The smallest absolute Gasteiger partial charge is 0.351 e. The maximum Gasteiger partial charge on any atom is 0.351 e. The van der Waals surface area contributed by atoms with Crippen molar-refractivity contribution < 1.29 is 33.2 Å². The maximum atomic E-state index is 14.8. The standard InChI is InChI=1S/C50H47ClO7/c1-2-35-23-25-36(26-24-35)27-41-28-42-44(29-43(41)51)57-49(52)50(42)48(56-33-40-21-13-6-14-22-40)47(55-32-39-19-11-5-12-20-39)46(54-31-38-17-9-4-10-18-38)45(58-50)34-53-30-37-15-7-3-8-16-37/h3-26,28-29,45-48H,2,27,30-34H2,1H3/t45-,46-,47+,48-,50+/m1/s1. The molecule has 6 aromatic carbocycles. The van der Waals surface area contributed by atoms with Gasteiger partial charge in [-0.15, -0.1) is 0 Å². The van der Waals surface area contributed by atoms with Crippen molar-refractivity contribution in [1.29, 1.82) is 0 Å². The minimum absolute atomic E-state index is 0.0968. The molecule has 7 nitrogen and oxygen atoms in total. The summed E-state index contributed by atoms with van der Waals surface area (Å²) in [5, 5.41) is 0.490. The largest absolute Gasteiger partial charge is 0.424 e. The molecule has 0 N–H and O–H groups in total. The Morgan fingerprint density at radius 3 is 1.64 bits per heavy atom. The molecule has 1 fully saturated rings. The van der Waals surface area contributed by atoms with E-state index in [1.165, 1.54) is 5.56 Å². The van der Waals surface area contributed by atoms with Crippen LogP contribution < -0.4 is 4.74 Å². The first-order valence-corrected chi connectivity index (χ1v) is 20.3. The Kier molecular flexibility index (Phi) is 12.8. The van der Waals surface area contributed by atoms with Crippen LogP contribution in [0.5, 0.6) is 5.75 Å². The average molecular weight is 795 g/mol. The summed E-state index contributed by atoms with van der Waals surface area (Å²) in [6.07, 6.45) is -1.88. The summed E-state index contributed by atoms with van der Waals surface area (Å²) in [5.41, 5.74) is 5.81. The maximum absolute atomic E-state index is 14.8. The van der Waals surface area contributed by atoms with Crippen molar-refractivity contribution in [2.75, 3.05) is 6.61 Å². The third kappa shape index (κ3) is 8.96. The molecule has 8 heteroatoms. The summed E-state index contributed by atoms with van der Waals surface area (Å²) < 4.78 is 40.5. The molecule has 0 aromatic heterocycles. The van der Waals surface area contributed by atoms with Crippen LogP contribution in [0.25, 0.3) is 0 Å². The molecule has 0 saturated carbocycles. The summed E-state index contributed by atoms with van der Waals surface area (Å²) in [4.78, 5) is 14.8. The van der Waals surface area contributed by atoms with Gasteiger partial charge in [-0.2, -0.15) is 0 Å². The highest BCUT2D eigenvalue weighted by Crippen LogP contribution is 2.52. The van der Waals surface area contributed by atoms with Crippen LogP contribution >= 0.6 is 11.6 Å². The van der Waals surface area contributed by atoms with Gasteiger partial charge in [0.2, 0.25) is 5.60 Å². The van der Waals surface area contributed by atoms with Crippen LogP contribution in [0, 0.1) is 0 Å². The number of carbonyl (C=O) groups is 1. The van der Waals surface area contributed by atoms with Crippen molar-refractivity contribution in [3.8, 4) is 5.75 Å². The summed E-state index contributed by atoms with van der Waals surface area (Å²) >= 11 is 6.97. The van der Waals surface area contributed by atoms with Gasteiger partial charge < -0.3 is 28.4 Å². The van der Waals surface area contributed by atoms with Gasteiger partial charge in [0, 0.05) is 16.7 Å². The molecular formula is C50H47ClO7. The number of ether oxygens (including phenoxy) is 6. The number of hydrogen-bond acceptors (Lipinski definition) is 7. The van der Waals surface area contributed by atoms with Crippen molar-refractivity contribution in [2.45, 2.75) is 76.2 Å². The lowest BCUT2D eigenvalue weighted by molar-refractivity contribution is -0.304. The molecule has 2 aliphatic rings. The normalized spacial score (nSPS) is 21.2. The van der Waals surface area contributed by atoms with Crippen molar-refractivity contribution in [2.24, 2.45) is 0 Å². The predicted octanol–water partition coefficient (Wildman–Crippen LogP) is 9.98. The molecule has 8 rings (SSSR count). The van der Waals surface area contributed by atoms with Crippen LogP contribution in [-0.2, 0) is 73.3 Å². The average Bonchev–Trinajstić information content (AvgIpc) is 3.52. The lowest BCUT2D eigenvalue weighted by atomic mass is 9.79.